The summed E-state index contributed by atoms with van der Waals surface area (Å²) in [5.74, 6) is -0.216. The number of rotatable bonds is 2. The van der Waals surface area contributed by atoms with Gasteiger partial charge in [0.25, 0.3) is 0 Å². The molecule has 1 N–H and O–H groups in total. The van der Waals surface area contributed by atoms with Crippen molar-refractivity contribution in [1.29, 1.82) is 5.26 Å². The predicted octanol–water partition coefficient (Wildman–Crippen LogP) is 4.71. The Bertz CT molecular complexity index is 870. The quantitative estimate of drug-likeness (QED) is 0.744. The molecule has 0 atom stereocenters. The molecule has 0 aliphatic rings. The lowest BCUT2D eigenvalue weighted by atomic mass is 10.1. The van der Waals surface area contributed by atoms with Gasteiger partial charge in [0.1, 0.15) is 11.6 Å². The van der Waals surface area contributed by atoms with Gasteiger partial charge in [0.15, 0.2) is 0 Å². The molecule has 102 valence electrons. The molecule has 3 aromatic carbocycles. The summed E-state index contributed by atoms with van der Waals surface area (Å²) in [5, 5.41) is 20.2. The first kappa shape index (κ1) is 13.5. The van der Waals surface area contributed by atoms with E-state index in [-0.39, 0.29) is 5.75 Å². The zero-order valence-electron chi connectivity index (χ0n) is 10.9. The third-order valence-corrected chi connectivity index (χ3v) is 4.27. The summed E-state index contributed by atoms with van der Waals surface area (Å²) >= 11 is 1.28. The van der Waals surface area contributed by atoms with Crippen molar-refractivity contribution >= 4 is 22.5 Å². The first-order chi connectivity index (χ1) is 10.2. The summed E-state index contributed by atoms with van der Waals surface area (Å²) in [5.41, 5.74) is 0.299. The summed E-state index contributed by atoms with van der Waals surface area (Å²) in [7, 11) is 0. The zero-order chi connectivity index (χ0) is 14.8. The molecule has 0 unspecified atom stereocenters. The van der Waals surface area contributed by atoms with Gasteiger partial charge in [0, 0.05) is 15.2 Å². The van der Waals surface area contributed by atoms with Crippen LogP contribution in [0.2, 0.25) is 0 Å². The molecule has 0 aliphatic carbocycles. The highest BCUT2D eigenvalue weighted by atomic mass is 32.2. The summed E-state index contributed by atoms with van der Waals surface area (Å²) in [6.45, 7) is 0. The molecular weight excluding hydrogens is 285 g/mol. The van der Waals surface area contributed by atoms with E-state index in [0.29, 0.717) is 10.5 Å². The molecule has 21 heavy (non-hydrogen) atoms. The SMILES string of the molecule is N#Cc1ccc(Sc2ccc(O)c3ccccc23)c(F)c1. The molecule has 0 radical (unpaired) electrons. The van der Waals surface area contributed by atoms with Crippen LogP contribution in [-0.2, 0) is 0 Å². The summed E-state index contributed by atoms with van der Waals surface area (Å²) < 4.78 is 14.0. The third-order valence-electron chi connectivity index (χ3n) is 3.14. The third kappa shape index (κ3) is 2.56. The number of nitrogens with zero attached hydrogens (tertiary/aromatic N) is 1. The van der Waals surface area contributed by atoms with Crippen LogP contribution in [-0.4, -0.2) is 5.11 Å². The molecule has 0 bridgehead atoms. The zero-order valence-corrected chi connectivity index (χ0v) is 11.7. The van der Waals surface area contributed by atoms with Gasteiger partial charge in [-0.3, -0.25) is 0 Å². The molecule has 0 spiro atoms. The fraction of sp³-hybridized carbons (Fsp3) is 0. The Balaban J connectivity index is 2.07. The van der Waals surface area contributed by atoms with Crippen LogP contribution < -0.4 is 0 Å². The van der Waals surface area contributed by atoms with Gasteiger partial charge in [-0.1, -0.05) is 36.0 Å². The Morgan fingerprint density at radius 3 is 2.38 bits per heavy atom. The molecule has 0 amide bonds. The molecule has 0 saturated heterocycles. The molecule has 3 aromatic rings. The monoisotopic (exact) mass is 295 g/mol. The Kier molecular flexibility index (Phi) is 3.51. The number of aromatic hydroxyl groups is 1. The van der Waals surface area contributed by atoms with E-state index in [1.807, 2.05) is 30.3 Å². The average Bonchev–Trinajstić information content (AvgIpc) is 2.52. The van der Waals surface area contributed by atoms with E-state index in [1.165, 1.54) is 17.8 Å². The number of nitriles is 1. The van der Waals surface area contributed by atoms with Gasteiger partial charge in [-0.25, -0.2) is 4.39 Å². The fourth-order valence-corrected chi connectivity index (χ4v) is 3.07. The van der Waals surface area contributed by atoms with Crippen LogP contribution in [0.25, 0.3) is 10.8 Å². The Morgan fingerprint density at radius 2 is 1.67 bits per heavy atom. The second-order valence-electron chi connectivity index (χ2n) is 4.49. The first-order valence-electron chi connectivity index (χ1n) is 6.27. The number of benzene rings is 3. The minimum Gasteiger partial charge on any atom is -0.507 e. The van der Waals surface area contributed by atoms with E-state index < -0.39 is 5.82 Å². The number of fused-ring (bicyclic) bond motifs is 1. The smallest absolute Gasteiger partial charge is 0.138 e. The Labute approximate surface area is 125 Å². The van der Waals surface area contributed by atoms with Gasteiger partial charge in [0.05, 0.1) is 11.6 Å². The average molecular weight is 295 g/mol. The molecule has 2 nitrogen and oxygen atoms in total. The van der Waals surface area contributed by atoms with Crippen molar-refractivity contribution in [2.45, 2.75) is 9.79 Å². The van der Waals surface area contributed by atoms with E-state index in [2.05, 4.69) is 0 Å². The highest BCUT2D eigenvalue weighted by molar-refractivity contribution is 7.99. The van der Waals surface area contributed by atoms with Crippen molar-refractivity contribution in [3.8, 4) is 11.8 Å². The second kappa shape index (κ2) is 5.47. The van der Waals surface area contributed by atoms with Crippen LogP contribution in [0.4, 0.5) is 4.39 Å². The van der Waals surface area contributed by atoms with Gasteiger partial charge in [-0.2, -0.15) is 5.26 Å². The number of phenolic OH excluding ortho intramolecular Hbond substituents is 1. The lowest BCUT2D eigenvalue weighted by molar-refractivity contribution is 0.481. The minimum atomic E-state index is -0.420. The van der Waals surface area contributed by atoms with E-state index in [4.69, 9.17) is 5.26 Å². The van der Waals surface area contributed by atoms with Crippen LogP contribution in [0.5, 0.6) is 5.75 Å². The van der Waals surface area contributed by atoms with Crippen molar-refractivity contribution in [3.63, 3.8) is 0 Å². The summed E-state index contributed by atoms with van der Waals surface area (Å²) in [6, 6.07) is 17.1. The molecular formula is C17H10FNOS. The van der Waals surface area contributed by atoms with Gasteiger partial charge in [-0.05, 0) is 35.7 Å². The molecule has 3 rings (SSSR count). The Hall–Kier alpha value is -2.51. The fourth-order valence-electron chi connectivity index (χ4n) is 2.12. The van der Waals surface area contributed by atoms with E-state index in [1.54, 1.807) is 24.3 Å². The molecule has 0 fully saturated rings. The standard InChI is InChI=1S/C17H10FNOS/c18-14-9-11(10-19)5-7-17(14)21-16-8-6-15(20)12-3-1-2-4-13(12)16/h1-9,20H. The van der Waals surface area contributed by atoms with Crippen LogP contribution in [0.1, 0.15) is 5.56 Å². The lowest BCUT2D eigenvalue weighted by Crippen LogP contribution is -1.85. The minimum absolute atomic E-state index is 0.204. The first-order valence-corrected chi connectivity index (χ1v) is 7.09. The van der Waals surface area contributed by atoms with Crippen LogP contribution >= 0.6 is 11.8 Å². The van der Waals surface area contributed by atoms with Crippen LogP contribution in [0.15, 0.2) is 64.4 Å². The summed E-state index contributed by atoms with van der Waals surface area (Å²) in [6.07, 6.45) is 0. The van der Waals surface area contributed by atoms with Gasteiger partial charge in [0.2, 0.25) is 0 Å². The molecule has 0 aliphatic heterocycles. The van der Waals surface area contributed by atoms with E-state index >= 15 is 0 Å². The highest BCUT2D eigenvalue weighted by Gasteiger charge is 2.10. The van der Waals surface area contributed by atoms with Crippen molar-refractivity contribution in [3.05, 3.63) is 66.0 Å². The molecule has 4 heteroatoms. The number of phenols is 1. The van der Waals surface area contributed by atoms with Crippen molar-refractivity contribution in [1.82, 2.24) is 0 Å². The maximum atomic E-state index is 14.0. The highest BCUT2D eigenvalue weighted by Crippen LogP contribution is 2.37. The number of halogens is 1. The van der Waals surface area contributed by atoms with Crippen LogP contribution in [0, 0.1) is 17.1 Å². The topological polar surface area (TPSA) is 44.0 Å². The molecule has 0 heterocycles. The maximum Gasteiger partial charge on any atom is 0.138 e. The largest absolute Gasteiger partial charge is 0.507 e. The van der Waals surface area contributed by atoms with Crippen LogP contribution in [0.3, 0.4) is 0 Å². The van der Waals surface area contributed by atoms with E-state index in [0.717, 1.165) is 15.7 Å². The van der Waals surface area contributed by atoms with Gasteiger partial charge in [-0.15, -0.1) is 0 Å². The van der Waals surface area contributed by atoms with Gasteiger partial charge >= 0.3 is 0 Å². The number of hydrogen-bond donors (Lipinski definition) is 1. The normalized spacial score (nSPS) is 10.5. The maximum absolute atomic E-state index is 14.0. The molecule has 0 aromatic heterocycles. The molecule has 0 saturated carbocycles. The second-order valence-corrected chi connectivity index (χ2v) is 5.57. The van der Waals surface area contributed by atoms with Gasteiger partial charge < -0.3 is 5.11 Å². The predicted molar refractivity (Wildman–Crippen MR) is 80.9 cm³/mol. The van der Waals surface area contributed by atoms with Crippen molar-refractivity contribution in [2.24, 2.45) is 0 Å². The van der Waals surface area contributed by atoms with E-state index in [9.17, 15) is 9.50 Å². The van der Waals surface area contributed by atoms with Crippen molar-refractivity contribution in [2.75, 3.05) is 0 Å². The summed E-state index contributed by atoms with van der Waals surface area (Å²) in [4.78, 5) is 1.30. The number of hydrogen-bond acceptors (Lipinski definition) is 3. The lowest BCUT2D eigenvalue weighted by Gasteiger charge is -2.08. The van der Waals surface area contributed by atoms with Crippen molar-refractivity contribution < 1.29 is 9.50 Å². The Morgan fingerprint density at radius 1 is 0.952 bits per heavy atom.